The topological polar surface area (TPSA) is 93.3 Å². The van der Waals surface area contributed by atoms with Gasteiger partial charge in [-0.3, -0.25) is 9.59 Å². The van der Waals surface area contributed by atoms with Crippen molar-refractivity contribution in [1.29, 1.82) is 0 Å². The molecular weight excluding hydrogens is 310 g/mol. The lowest BCUT2D eigenvalue weighted by atomic mass is 10.1. The fourth-order valence-corrected chi connectivity index (χ4v) is 2.37. The molecule has 0 unspecified atom stereocenters. The highest BCUT2D eigenvalue weighted by molar-refractivity contribution is 6.11. The van der Waals surface area contributed by atoms with Crippen LogP contribution in [0.3, 0.4) is 0 Å². The molecule has 0 radical (unpaired) electrons. The van der Waals surface area contributed by atoms with Gasteiger partial charge in [0.05, 0.1) is 25.3 Å². The Morgan fingerprint density at radius 3 is 2.54 bits per heavy atom. The summed E-state index contributed by atoms with van der Waals surface area (Å²) in [5.74, 6) is 0.611. The number of fused-ring (bicyclic) bond motifs is 1. The molecule has 1 amide bonds. The first-order valence-corrected chi connectivity index (χ1v) is 7.15. The van der Waals surface area contributed by atoms with Gasteiger partial charge in [0.15, 0.2) is 5.69 Å². The highest BCUT2D eigenvalue weighted by Crippen LogP contribution is 2.29. The zero-order valence-corrected chi connectivity index (χ0v) is 13.1. The van der Waals surface area contributed by atoms with Crippen LogP contribution in [-0.4, -0.2) is 30.3 Å². The predicted octanol–water partition coefficient (Wildman–Crippen LogP) is 2.19. The van der Waals surface area contributed by atoms with E-state index < -0.39 is 5.91 Å². The van der Waals surface area contributed by atoms with Gasteiger partial charge >= 0.3 is 0 Å². The second-order valence-corrected chi connectivity index (χ2v) is 4.97. The Labute approximate surface area is 137 Å². The molecule has 0 aliphatic rings. The van der Waals surface area contributed by atoms with Crippen LogP contribution in [0.25, 0.3) is 10.8 Å². The van der Waals surface area contributed by atoms with E-state index in [9.17, 15) is 9.59 Å². The molecule has 0 spiro atoms. The summed E-state index contributed by atoms with van der Waals surface area (Å²) in [5, 5.41) is 9.83. The van der Waals surface area contributed by atoms with Gasteiger partial charge in [-0.2, -0.15) is 5.10 Å². The first-order valence-electron chi connectivity index (χ1n) is 7.15. The van der Waals surface area contributed by atoms with E-state index in [2.05, 4.69) is 15.5 Å². The number of aromatic nitrogens is 2. The number of nitrogens with zero attached hydrogens (tertiary/aromatic N) is 1. The number of ether oxygens (including phenoxy) is 2. The first kappa shape index (κ1) is 15.5. The van der Waals surface area contributed by atoms with E-state index in [-0.39, 0.29) is 11.3 Å². The molecule has 0 saturated heterocycles. The Hall–Kier alpha value is -3.35. The third kappa shape index (κ3) is 2.79. The van der Waals surface area contributed by atoms with E-state index in [0.717, 1.165) is 0 Å². The average Bonchev–Trinajstić information content (AvgIpc) is 2.62. The zero-order valence-electron chi connectivity index (χ0n) is 13.1. The molecule has 1 aromatic heterocycles. The number of nitrogens with one attached hydrogen (secondary N) is 2. The molecular formula is C17H15N3O4. The lowest BCUT2D eigenvalue weighted by Crippen LogP contribution is -2.19. The molecule has 1 heterocycles. The van der Waals surface area contributed by atoms with Crippen molar-refractivity contribution in [2.75, 3.05) is 19.5 Å². The Balaban J connectivity index is 2.00. The van der Waals surface area contributed by atoms with Gasteiger partial charge in [0.2, 0.25) is 0 Å². The lowest BCUT2D eigenvalue weighted by Gasteiger charge is -2.12. The molecule has 0 saturated carbocycles. The summed E-state index contributed by atoms with van der Waals surface area (Å²) in [6, 6.07) is 11.8. The largest absolute Gasteiger partial charge is 0.497 e. The minimum Gasteiger partial charge on any atom is -0.497 e. The number of anilines is 1. The number of carbonyl (C=O) groups excluding carboxylic acids is 1. The average molecular weight is 325 g/mol. The quantitative estimate of drug-likeness (QED) is 0.767. The molecule has 0 bridgehead atoms. The number of carbonyl (C=O) groups is 1. The third-order valence-corrected chi connectivity index (χ3v) is 3.57. The summed E-state index contributed by atoms with van der Waals surface area (Å²) in [7, 11) is 3.04. The van der Waals surface area contributed by atoms with Crippen LogP contribution in [0.1, 0.15) is 10.5 Å². The van der Waals surface area contributed by atoms with Crippen LogP contribution in [0.15, 0.2) is 47.3 Å². The maximum absolute atomic E-state index is 12.6. The number of aromatic amines is 1. The van der Waals surface area contributed by atoms with Crippen LogP contribution in [0, 0.1) is 0 Å². The summed E-state index contributed by atoms with van der Waals surface area (Å²) in [6.45, 7) is 0. The second-order valence-electron chi connectivity index (χ2n) is 4.97. The number of hydrogen-bond donors (Lipinski definition) is 2. The van der Waals surface area contributed by atoms with Crippen molar-refractivity contribution < 1.29 is 14.3 Å². The minimum absolute atomic E-state index is 0.128. The van der Waals surface area contributed by atoms with Gasteiger partial charge in [-0.05, 0) is 18.2 Å². The van der Waals surface area contributed by atoms with Crippen molar-refractivity contribution in [2.24, 2.45) is 0 Å². The van der Waals surface area contributed by atoms with E-state index in [1.165, 1.54) is 7.11 Å². The fourth-order valence-electron chi connectivity index (χ4n) is 2.37. The second kappa shape index (κ2) is 6.41. The van der Waals surface area contributed by atoms with E-state index >= 15 is 0 Å². The molecule has 7 nitrogen and oxygen atoms in total. The number of hydrogen-bond acceptors (Lipinski definition) is 5. The van der Waals surface area contributed by atoms with E-state index in [1.54, 1.807) is 49.6 Å². The van der Waals surface area contributed by atoms with E-state index in [1.807, 2.05) is 0 Å². The highest BCUT2D eigenvalue weighted by Gasteiger charge is 2.16. The molecule has 122 valence electrons. The zero-order chi connectivity index (χ0) is 17.1. The van der Waals surface area contributed by atoms with Crippen LogP contribution in [0.2, 0.25) is 0 Å². The molecule has 7 heteroatoms. The molecule has 2 N–H and O–H groups in total. The minimum atomic E-state index is -0.453. The third-order valence-electron chi connectivity index (χ3n) is 3.57. The Kier molecular flexibility index (Phi) is 4.15. The molecule has 0 fully saturated rings. The van der Waals surface area contributed by atoms with Crippen molar-refractivity contribution in [3.8, 4) is 11.5 Å². The smallest absolute Gasteiger partial charge is 0.276 e. The van der Waals surface area contributed by atoms with Gasteiger partial charge in [-0.1, -0.05) is 18.2 Å². The van der Waals surface area contributed by atoms with Crippen molar-refractivity contribution in [2.45, 2.75) is 0 Å². The molecule has 24 heavy (non-hydrogen) atoms. The van der Waals surface area contributed by atoms with Gasteiger partial charge < -0.3 is 14.8 Å². The SMILES string of the molecule is COc1ccc(NC(=O)c2n[nH]c(=O)c3ccccc23)c(OC)c1. The van der Waals surface area contributed by atoms with Gasteiger partial charge in [-0.25, -0.2) is 5.10 Å². The normalized spacial score (nSPS) is 10.4. The lowest BCUT2D eigenvalue weighted by molar-refractivity contribution is 0.102. The number of methoxy groups -OCH3 is 2. The summed E-state index contributed by atoms with van der Waals surface area (Å²) in [5.41, 5.74) is 0.257. The molecule has 3 aromatic rings. The predicted molar refractivity (Wildman–Crippen MR) is 89.9 cm³/mol. The molecule has 2 aromatic carbocycles. The summed E-state index contributed by atoms with van der Waals surface area (Å²) >= 11 is 0. The van der Waals surface area contributed by atoms with Crippen molar-refractivity contribution in [3.63, 3.8) is 0 Å². The summed E-state index contributed by atoms with van der Waals surface area (Å²) in [6.07, 6.45) is 0. The van der Waals surface area contributed by atoms with E-state index in [4.69, 9.17) is 9.47 Å². The highest BCUT2D eigenvalue weighted by atomic mass is 16.5. The van der Waals surface area contributed by atoms with Crippen LogP contribution in [0.4, 0.5) is 5.69 Å². The number of rotatable bonds is 4. The van der Waals surface area contributed by atoms with Gasteiger partial charge in [0.25, 0.3) is 11.5 Å². The summed E-state index contributed by atoms with van der Waals surface area (Å²) in [4.78, 5) is 24.4. The van der Waals surface area contributed by atoms with Crippen molar-refractivity contribution in [3.05, 3.63) is 58.5 Å². The summed E-state index contributed by atoms with van der Waals surface area (Å²) < 4.78 is 10.4. The number of benzene rings is 2. The monoisotopic (exact) mass is 325 g/mol. The maximum Gasteiger partial charge on any atom is 0.276 e. The van der Waals surface area contributed by atoms with Gasteiger partial charge in [0.1, 0.15) is 11.5 Å². The Bertz CT molecular complexity index is 965. The van der Waals surface area contributed by atoms with Crippen LogP contribution in [0.5, 0.6) is 11.5 Å². The van der Waals surface area contributed by atoms with Gasteiger partial charge in [-0.15, -0.1) is 0 Å². The van der Waals surface area contributed by atoms with Crippen LogP contribution >= 0.6 is 0 Å². The van der Waals surface area contributed by atoms with Crippen LogP contribution < -0.4 is 20.3 Å². The standard InChI is InChI=1S/C17H15N3O4/c1-23-10-7-8-13(14(9-10)24-2)18-17(22)15-11-5-3-4-6-12(11)16(21)20-19-15/h3-9H,1-2H3,(H,18,22)(H,20,21). The molecule has 0 atom stereocenters. The molecule has 3 rings (SSSR count). The first-order chi connectivity index (χ1) is 11.6. The van der Waals surface area contributed by atoms with Gasteiger partial charge in [0, 0.05) is 11.5 Å². The molecule has 0 aliphatic heterocycles. The maximum atomic E-state index is 12.6. The Morgan fingerprint density at radius 2 is 1.83 bits per heavy atom. The Morgan fingerprint density at radius 1 is 1.08 bits per heavy atom. The number of amides is 1. The van der Waals surface area contributed by atoms with Crippen LogP contribution in [-0.2, 0) is 0 Å². The number of H-pyrrole nitrogens is 1. The molecule has 0 aliphatic carbocycles. The van der Waals surface area contributed by atoms with E-state index in [0.29, 0.717) is 28.0 Å². The van der Waals surface area contributed by atoms with Crippen molar-refractivity contribution in [1.82, 2.24) is 10.2 Å². The van der Waals surface area contributed by atoms with Crippen molar-refractivity contribution >= 4 is 22.4 Å². The fraction of sp³-hybridized carbons (Fsp3) is 0.118.